The molecule has 1 aliphatic heterocycles. The monoisotopic (exact) mass is 210 g/mol. The van der Waals surface area contributed by atoms with E-state index in [1.54, 1.807) is 0 Å². The van der Waals surface area contributed by atoms with Crippen molar-refractivity contribution < 1.29 is 9.53 Å². The lowest BCUT2D eigenvalue weighted by atomic mass is 10.6. The molecular formula is C10H16N3O2. The Kier molecular flexibility index (Phi) is 4.15. The lowest BCUT2D eigenvalue weighted by Crippen LogP contribution is -2.32. The fourth-order valence-corrected chi connectivity index (χ4v) is 1.32. The van der Waals surface area contributed by atoms with Crippen molar-refractivity contribution >= 4 is 12.1 Å². The quantitative estimate of drug-likeness (QED) is 0.645. The van der Waals surface area contributed by atoms with E-state index in [4.69, 9.17) is 4.74 Å². The van der Waals surface area contributed by atoms with Crippen molar-refractivity contribution in [3.8, 4) is 0 Å². The van der Waals surface area contributed by atoms with E-state index in [1.165, 1.54) is 6.08 Å². The molecule has 5 nitrogen and oxygen atoms in total. The van der Waals surface area contributed by atoms with Gasteiger partial charge in [-0.25, -0.2) is 4.79 Å². The number of rotatable bonds is 3. The van der Waals surface area contributed by atoms with Gasteiger partial charge < -0.3 is 14.5 Å². The number of nitrogens with zero attached hydrogens (tertiary/aromatic N) is 3. The predicted molar refractivity (Wildman–Crippen MR) is 58.5 cm³/mol. The Morgan fingerprint density at radius 3 is 3.00 bits per heavy atom. The smallest absolute Gasteiger partial charge is 0.437 e. The number of hydrogen-bond donors (Lipinski definition) is 0. The van der Waals surface area contributed by atoms with Crippen LogP contribution in [0.25, 0.3) is 0 Å². The standard InChI is InChI=1S/C10H16N3O2/c1-4-8-15-10(14)11-9-12(3)6-7-13(9)5-2/h4H,1-2,5-8H2,3H3. The number of hydrogen-bond acceptors (Lipinski definition) is 2. The van der Waals surface area contributed by atoms with Gasteiger partial charge in [-0.2, -0.15) is 0 Å². The van der Waals surface area contributed by atoms with Crippen LogP contribution in [0.4, 0.5) is 4.79 Å². The van der Waals surface area contributed by atoms with E-state index in [9.17, 15) is 4.79 Å². The van der Waals surface area contributed by atoms with Crippen LogP contribution in [0.15, 0.2) is 17.6 Å². The van der Waals surface area contributed by atoms with Crippen LogP contribution in [-0.4, -0.2) is 55.1 Å². The zero-order chi connectivity index (χ0) is 11.3. The summed E-state index contributed by atoms with van der Waals surface area (Å²) in [6, 6.07) is 0. The summed E-state index contributed by atoms with van der Waals surface area (Å²) < 4.78 is 4.78. The molecule has 0 aliphatic carbocycles. The molecule has 0 bridgehead atoms. The van der Waals surface area contributed by atoms with Crippen molar-refractivity contribution in [1.29, 1.82) is 0 Å². The summed E-state index contributed by atoms with van der Waals surface area (Å²) in [4.78, 5) is 18.9. The van der Waals surface area contributed by atoms with Crippen LogP contribution in [0.2, 0.25) is 0 Å². The molecule has 1 saturated heterocycles. The Morgan fingerprint density at radius 1 is 1.67 bits per heavy atom. The van der Waals surface area contributed by atoms with E-state index in [1.807, 2.05) is 16.8 Å². The summed E-state index contributed by atoms with van der Waals surface area (Å²) >= 11 is 0. The zero-order valence-electron chi connectivity index (χ0n) is 8.98. The zero-order valence-corrected chi connectivity index (χ0v) is 8.98. The Balaban J connectivity index is 2.62. The molecule has 1 aliphatic rings. The average molecular weight is 210 g/mol. The Morgan fingerprint density at radius 2 is 2.40 bits per heavy atom. The van der Waals surface area contributed by atoms with E-state index < -0.39 is 6.09 Å². The molecule has 1 rings (SSSR count). The first kappa shape index (κ1) is 11.6. The number of amides is 1. The molecule has 0 saturated carbocycles. The summed E-state index contributed by atoms with van der Waals surface area (Å²) in [5, 5.41) is 0. The molecule has 5 heteroatoms. The molecule has 0 spiro atoms. The maximum Gasteiger partial charge on any atom is 0.437 e. The molecule has 0 aromatic carbocycles. The third-order valence-corrected chi connectivity index (χ3v) is 2.12. The minimum atomic E-state index is -0.586. The highest BCUT2D eigenvalue weighted by Gasteiger charge is 2.23. The summed E-state index contributed by atoms with van der Waals surface area (Å²) in [5.41, 5.74) is 0. The summed E-state index contributed by atoms with van der Waals surface area (Å²) in [7, 11) is 1.88. The van der Waals surface area contributed by atoms with Crippen molar-refractivity contribution in [2.24, 2.45) is 4.99 Å². The van der Waals surface area contributed by atoms with Crippen LogP contribution in [0, 0.1) is 6.92 Å². The van der Waals surface area contributed by atoms with Gasteiger partial charge in [-0.1, -0.05) is 12.7 Å². The molecule has 0 N–H and O–H groups in total. The summed E-state index contributed by atoms with van der Waals surface area (Å²) in [6.45, 7) is 9.70. The lowest BCUT2D eigenvalue weighted by molar-refractivity contribution is 0.169. The van der Waals surface area contributed by atoms with Gasteiger partial charge in [-0.3, -0.25) is 0 Å². The maximum absolute atomic E-state index is 11.2. The lowest BCUT2D eigenvalue weighted by Gasteiger charge is -2.17. The minimum absolute atomic E-state index is 0.184. The molecule has 1 radical (unpaired) electrons. The second-order valence-corrected chi connectivity index (χ2v) is 3.19. The fraction of sp³-hybridized carbons (Fsp3) is 0.500. The molecule has 1 heterocycles. The van der Waals surface area contributed by atoms with E-state index in [-0.39, 0.29) is 6.61 Å². The number of carbonyl (C=O) groups is 1. The number of ether oxygens (including phenoxy) is 1. The van der Waals surface area contributed by atoms with Gasteiger partial charge in [-0.15, -0.1) is 4.99 Å². The second-order valence-electron chi connectivity index (χ2n) is 3.19. The number of aliphatic imine (C=N–C) groups is 1. The first-order valence-corrected chi connectivity index (χ1v) is 4.80. The van der Waals surface area contributed by atoms with Crippen molar-refractivity contribution in [3.05, 3.63) is 19.6 Å². The van der Waals surface area contributed by atoms with Crippen LogP contribution in [0.5, 0.6) is 0 Å². The molecule has 0 atom stereocenters. The molecule has 15 heavy (non-hydrogen) atoms. The van der Waals surface area contributed by atoms with Crippen LogP contribution in [-0.2, 0) is 4.74 Å². The molecule has 1 fully saturated rings. The van der Waals surface area contributed by atoms with Crippen LogP contribution < -0.4 is 0 Å². The van der Waals surface area contributed by atoms with E-state index in [2.05, 4.69) is 18.5 Å². The van der Waals surface area contributed by atoms with Gasteiger partial charge in [0, 0.05) is 26.7 Å². The number of carbonyl (C=O) groups excluding carboxylic acids is 1. The second kappa shape index (κ2) is 5.38. The predicted octanol–water partition coefficient (Wildman–Crippen LogP) is 0.746. The SMILES string of the molecule is [CH2]CN1CCN(C)C1=NC(=O)OCC=C. The molecule has 83 valence electrons. The van der Waals surface area contributed by atoms with Gasteiger partial charge in [0.25, 0.3) is 0 Å². The number of likely N-dealkylation sites (N-methyl/N-ethyl adjacent to an activating group) is 1. The molecule has 0 aromatic heterocycles. The van der Waals surface area contributed by atoms with Crippen LogP contribution in [0.3, 0.4) is 0 Å². The van der Waals surface area contributed by atoms with Crippen molar-refractivity contribution in [3.63, 3.8) is 0 Å². The third kappa shape index (κ3) is 2.97. The van der Waals surface area contributed by atoms with Gasteiger partial charge >= 0.3 is 6.09 Å². The van der Waals surface area contributed by atoms with Crippen LogP contribution in [0.1, 0.15) is 0 Å². The topological polar surface area (TPSA) is 45.1 Å². The van der Waals surface area contributed by atoms with E-state index in [0.29, 0.717) is 12.5 Å². The first-order chi connectivity index (χ1) is 7.19. The fourth-order valence-electron chi connectivity index (χ4n) is 1.32. The number of guanidine groups is 1. The largest absolute Gasteiger partial charge is 0.444 e. The van der Waals surface area contributed by atoms with Gasteiger partial charge in [0.05, 0.1) is 0 Å². The normalized spacial score (nSPS) is 18.4. The van der Waals surface area contributed by atoms with Crippen molar-refractivity contribution in [1.82, 2.24) is 9.80 Å². The molecular weight excluding hydrogens is 194 g/mol. The molecule has 1 amide bonds. The van der Waals surface area contributed by atoms with Crippen molar-refractivity contribution in [2.75, 3.05) is 33.3 Å². The van der Waals surface area contributed by atoms with Gasteiger partial charge in [-0.05, 0) is 6.92 Å². The molecule has 0 unspecified atom stereocenters. The summed E-state index contributed by atoms with van der Waals surface area (Å²) in [6.07, 6.45) is 0.923. The van der Waals surface area contributed by atoms with E-state index in [0.717, 1.165) is 13.1 Å². The Labute approximate surface area is 90.0 Å². The average Bonchev–Trinajstić information content (AvgIpc) is 2.57. The Hall–Kier alpha value is -1.52. The molecule has 0 aromatic rings. The van der Waals surface area contributed by atoms with E-state index >= 15 is 0 Å². The maximum atomic E-state index is 11.2. The minimum Gasteiger partial charge on any atom is -0.444 e. The summed E-state index contributed by atoms with van der Waals surface area (Å²) in [5.74, 6) is 0.624. The van der Waals surface area contributed by atoms with Gasteiger partial charge in [0.15, 0.2) is 0 Å². The highest BCUT2D eigenvalue weighted by Crippen LogP contribution is 2.06. The third-order valence-electron chi connectivity index (χ3n) is 2.12. The van der Waals surface area contributed by atoms with Gasteiger partial charge in [0.1, 0.15) is 6.61 Å². The highest BCUT2D eigenvalue weighted by atomic mass is 16.5. The Bertz CT molecular complexity index is 276. The van der Waals surface area contributed by atoms with Crippen LogP contribution >= 0.6 is 0 Å². The highest BCUT2D eigenvalue weighted by molar-refractivity contribution is 5.91. The first-order valence-electron chi connectivity index (χ1n) is 4.80. The van der Waals surface area contributed by atoms with Gasteiger partial charge in [0.2, 0.25) is 5.96 Å². The van der Waals surface area contributed by atoms with Crippen molar-refractivity contribution in [2.45, 2.75) is 0 Å².